The second-order valence-electron chi connectivity index (χ2n) is 6.37. The van der Waals surface area contributed by atoms with Crippen LogP contribution in [-0.2, 0) is 11.2 Å². The summed E-state index contributed by atoms with van der Waals surface area (Å²) < 4.78 is 25.1. The maximum atomic E-state index is 14.3. The van der Waals surface area contributed by atoms with Gasteiger partial charge in [-0.25, -0.2) is 9.18 Å². The van der Waals surface area contributed by atoms with Crippen LogP contribution >= 0.6 is 0 Å². The normalized spacial score (nSPS) is 10.5. The Hall–Kier alpha value is -2.62. The number of hydrogen-bond donors (Lipinski definition) is 0. The van der Waals surface area contributed by atoms with Crippen LogP contribution in [0.5, 0.6) is 11.5 Å². The zero-order valence-electron chi connectivity index (χ0n) is 15.6. The molecule has 5 heteroatoms. The van der Waals surface area contributed by atoms with Gasteiger partial charge in [0.25, 0.3) is 0 Å². The van der Waals surface area contributed by atoms with Crippen LogP contribution in [0.4, 0.5) is 4.39 Å². The number of ether oxygens (including phenoxy) is 2. The zero-order chi connectivity index (χ0) is 19.1. The summed E-state index contributed by atoms with van der Waals surface area (Å²) in [7, 11) is 5.40. The van der Waals surface area contributed by atoms with Gasteiger partial charge in [-0.2, -0.15) is 0 Å². The molecule has 0 radical (unpaired) electrons. The van der Waals surface area contributed by atoms with Crippen molar-refractivity contribution in [2.45, 2.75) is 13.3 Å². The van der Waals surface area contributed by atoms with Crippen LogP contribution in [0.15, 0.2) is 36.4 Å². The van der Waals surface area contributed by atoms with Crippen LogP contribution in [0, 0.1) is 12.7 Å². The molecule has 0 aliphatic heterocycles. The van der Waals surface area contributed by atoms with Crippen molar-refractivity contribution in [3.05, 3.63) is 58.9 Å². The molecule has 0 atom stereocenters. The monoisotopic (exact) mass is 357 g/mol. The van der Waals surface area contributed by atoms with E-state index in [0.29, 0.717) is 34.8 Å². The number of hydrogen-bond acceptors (Lipinski definition) is 4. The fourth-order valence-corrected chi connectivity index (χ4v) is 2.52. The first kappa shape index (κ1) is 19.7. The molecule has 0 bridgehead atoms. The van der Waals surface area contributed by atoms with Crippen LogP contribution < -0.4 is 9.47 Å². The number of allylic oxidation sites excluding steroid dienone is 1. The smallest absolute Gasteiger partial charge is 0.130 e. The number of likely N-dealkylation sites (N-methyl/N-ethyl adjacent to an activating group) is 1. The van der Waals surface area contributed by atoms with Gasteiger partial charge in [-0.3, -0.25) is 0 Å². The molecular weight excluding hydrogens is 333 g/mol. The summed E-state index contributed by atoms with van der Waals surface area (Å²) >= 11 is 0. The molecular formula is C21H24FNO3. The van der Waals surface area contributed by atoms with Crippen molar-refractivity contribution in [2.24, 2.45) is 0 Å². The average molecular weight is 357 g/mol. The molecule has 0 unspecified atom stereocenters. The van der Waals surface area contributed by atoms with Gasteiger partial charge in [0.05, 0.1) is 12.7 Å². The van der Waals surface area contributed by atoms with E-state index >= 15 is 0 Å². The molecule has 138 valence electrons. The second-order valence-corrected chi connectivity index (χ2v) is 6.37. The number of rotatable bonds is 8. The topological polar surface area (TPSA) is 38.8 Å². The standard InChI is InChI=1S/C21H24FNO3/c1-15-5-8-21(26-10-9-23(2)3)19(11-15)17(14-24)12-16-6-7-18(25-4)13-20(16)22/h5-8,11,13H,9-10,12H2,1-4H3. The van der Waals surface area contributed by atoms with Gasteiger partial charge in [0.1, 0.15) is 29.9 Å². The Bertz CT molecular complexity index is 811. The van der Waals surface area contributed by atoms with E-state index < -0.39 is 5.82 Å². The summed E-state index contributed by atoms with van der Waals surface area (Å²) in [4.78, 5) is 13.6. The van der Waals surface area contributed by atoms with Crippen molar-refractivity contribution in [2.75, 3.05) is 34.4 Å². The molecule has 26 heavy (non-hydrogen) atoms. The fourth-order valence-electron chi connectivity index (χ4n) is 2.52. The predicted octanol–water partition coefficient (Wildman–Crippen LogP) is 3.54. The maximum absolute atomic E-state index is 14.3. The molecule has 0 fully saturated rings. The van der Waals surface area contributed by atoms with Crippen molar-refractivity contribution in [3.8, 4) is 11.5 Å². The third-order valence-corrected chi connectivity index (χ3v) is 4.01. The third kappa shape index (κ3) is 5.19. The first-order valence-corrected chi connectivity index (χ1v) is 8.39. The molecule has 2 aromatic rings. The Balaban J connectivity index is 2.29. The van der Waals surface area contributed by atoms with Crippen LogP contribution in [0.2, 0.25) is 0 Å². The van der Waals surface area contributed by atoms with Crippen LogP contribution in [0.1, 0.15) is 16.7 Å². The number of halogens is 1. The lowest BCUT2D eigenvalue weighted by Gasteiger charge is -2.15. The molecule has 0 saturated carbocycles. The molecule has 0 saturated heterocycles. The molecule has 0 aliphatic carbocycles. The first-order valence-electron chi connectivity index (χ1n) is 8.39. The van der Waals surface area contributed by atoms with E-state index in [2.05, 4.69) is 0 Å². The minimum Gasteiger partial charge on any atom is -0.497 e. The van der Waals surface area contributed by atoms with Gasteiger partial charge in [-0.1, -0.05) is 17.7 Å². The lowest BCUT2D eigenvalue weighted by Crippen LogP contribution is -2.19. The van der Waals surface area contributed by atoms with Crippen molar-refractivity contribution in [3.63, 3.8) is 0 Å². The number of benzene rings is 2. The van der Waals surface area contributed by atoms with Gasteiger partial charge in [-0.15, -0.1) is 0 Å². The second kappa shape index (κ2) is 9.18. The van der Waals surface area contributed by atoms with E-state index in [-0.39, 0.29) is 6.42 Å². The third-order valence-electron chi connectivity index (χ3n) is 4.01. The summed E-state index contributed by atoms with van der Waals surface area (Å²) in [6.45, 7) is 3.18. The molecule has 0 aliphatic rings. The summed E-state index contributed by atoms with van der Waals surface area (Å²) in [5.41, 5.74) is 2.40. The lowest BCUT2D eigenvalue weighted by molar-refractivity contribution is 0.261. The van der Waals surface area contributed by atoms with Crippen molar-refractivity contribution in [1.82, 2.24) is 4.90 Å². The van der Waals surface area contributed by atoms with Gasteiger partial charge < -0.3 is 14.4 Å². The van der Waals surface area contributed by atoms with Gasteiger partial charge in [0.15, 0.2) is 0 Å². The van der Waals surface area contributed by atoms with Gasteiger partial charge >= 0.3 is 0 Å². The number of aryl methyl sites for hydroxylation is 1. The Labute approximate surface area is 153 Å². The van der Waals surface area contributed by atoms with Crippen molar-refractivity contribution >= 4 is 11.5 Å². The van der Waals surface area contributed by atoms with E-state index in [0.717, 1.165) is 12.1 Å². The Morgan fingerprint density at radius 2 is 1.96 bits per heavy atom. The molecule has 4 nitrogen and oxygen atoms in total. The van der Waals surface area contributed by atoms with Crippen LogP contribution in [-0.4, -0.2) is 45.2 Å². The number of carbonyl (C=O) groups excluding carboxylic acids is 1. The first-order chi connectivity index (χ1) is 12.4. The minimum absolute atomic E-state index is 0.132. The highest BCUT2D eigenvalue weighted by molar-refractivity contribution is 5.90. The SMILES string of the molecule is COc1ccc(CC(=C=O)c2cc(C)ccc2OCCN(C)C)c(F)c1. The summed E-state index contributed by atoms with van der Waals surface area (Å²) in [6, 6.07) is 10.2. The van der Waals surface area contributed by atoms with E-state index in [4.69, 9.17) is 9.47 Å². The van der Waals surface area contributed by atoms with Crippen molar-refractivity contribution in [1.29, 1.82) is 0 Å². The molecule has 2 aromatic carbocycles. The van der Waals surface area contributed by atoms with Crippen LogP contribution in [0.25, 0.3) is 5.57 Å². The highest BCUT2D eigenvalue weighted by Crippen LogP contribution is 2.29. The summed E-state index contributed by atoms with van der Waals surface area (Å²) in [5, 5.41) is 0. The number of methoxy groups -OCH3 is 1. The van der Waals surface area contributed by atoms with Crippen LogP contribution in [0.3, 0.4) is 0 Å². The van der Waals surface area contributed by atoms with Crippen molar-refractivity contribution < 1.29 is 18.7 Å². The Morgan fingerprint density at radius 3 is 2.58 bits per heavy atom. The molecule has 0 N–H and O–H groups in total. The van der Waals surface area contributed by atoms with Gasteiger partial charge in [0, 0.05) is 24.6 Å². The Kier molecular flexibility index (Phi) is 6.96. The Morgan fingerprint density at radius 1 is 1.19 bits per heavy atom. The van der Waals surface area contributed by atoms with Gasteiger partial charge in [-0.05, 0) is 44.8 Å². The largest absolute Gasteiger partial charge is 0.497 e. The molecule has 0 spiro atoms. The lowest BCUT2D eigenvalue weighted by atomic mass is 9.97. The summed E-state index contributed by atoms with van der Waals surface area (Å²) in [6.07, 6.45) is 0.132. The minimum atomic E-state index is -0.417. The zero-order valence-corrected chi connectivity index (χ0v) is 15.6. The summed E-state index contributed by atoms with van der Waals surface area (Å²) in [5.74, 6) is 2.59. The molecule has 0 heterocycles. The highest BCUT2D eigenvalue weighted by atomic mass is 19.1. The van der Waals surface area contributed by atoms with E-state index in [1.165, 1.54) is 13.2 Å². The number of nitrogens with zero attached hydrogens (tertiary/aromatic N) is 1. The van der Waals surface area contributed by atoms with E-state index in [1.807, 2.05) is 50.1 Å². The van der Waals surface area contributed by atoms with Gasteiger partial charge in [0.2, 0.25) is 0 Å². The molecule has 0 aromatic heterocycles. The average Bonchev–Trinajstić information content (AvgIpc) is 2.61. The van der Waals surface area contributed by atoms with E-state index in [9.17, 15) is 9.18 Å². The quantitative estimate of drug-likeness (QED) is 0.678. The maximum Gasteiger partial charge on any atom is 0.130 e. The molecule has 2 rings (SSSR count). The predicted molar refractivity (Wildman–Crippen MR) is 101 cm³/mol. The molecule has 0 amide bonds. The van der Waals surface area contributed by atoms with E-state index in [1.54, 1.807) is 12.1 Å². The highest BCUT2D eigenvalue weighted by Gasteiger charge is 2.14. The fraction of sp³-hybridized carbons (Fsp3) is 0.333.